The molecule has 2 saturated carbocycles. The molecular weight excluding hydrogens is 482 g/mol. The Kier molecular flexibility index (Phi) is 6.27. The Bertz CT molecular complexity index is 1460. The van der Waals surface area contributed by atoms with Gasteiger partial charge < -0.3 is 14.7 Å². The molecule has 0 spiro atoms. The van der Waals surface area contributed by atoms with Crippen LogP contribution in [0.2, 0.25) is 0 Å². The van der Waals surface area contributed by atoms with Crippen LogP contribution < -0.4 is 0 Å². The van der Waals surface area contributed by atoms with Gasteiger partial charge >= 0.3 is 12.1 Å². The van der Waals surface area contributed by atoms with Crippen molar-refractivity contribution in [1.29, 1.82) is 0 Å². The Labute approximate surface area is 219 Å². The number of hydrogen-bond donors (Lipinski definition) is 2. The molecule has 2 aliphatic rings. The Morgan fingerprint density at radius 3 is 2.32 bits per heavy atom. The van der Waals surface area contributed by atoms with Gasteiger partial charge in [-0.3, -0.25) is 4.79 Å². The maximum Gasteiger partial charge on any atom is 0.410 e. The maximum atomic E-state index is 13.0. The average molecular weight is 512 g/mol. The molecule has 194 valence electrons. The van der Waals surface area contributed by atoms with Crippen molar-refractivity contribution in [2.75, 3.05) is 6.54 Å². The second-order valence-corrected chi connectivity index (χ2v) is 10.4. The van der Waals surface area contributed by atoms with E-state index in [2.05, 4.69) is 51.0 Å². The molecule has 1 amide bonds. The molecule has 1 aromatic heterocycles. The zero-order valence-electron chi connectivity index (χ0n) is 21.0. The number of nitrogens with one attached hydrogen (secondary N) is 1. The minimum absolute atomic E-state index is 0.0364. The number of carboxylic acid groups (broad SMARTS) is 1. The van der Waals surface area contributed by atoms with Crippen molar-refractivity contribution in [3.63, 3.8) is 0 Å². The lowest BCUT2D eigenvalue weighted by Crippen LogP contribution is -2.44. The summed E-state index contributed by atoms with van der Waals surface area (Å²) in [4.78, 5) is 26.8. The Morgan fingerprint density at radius 2 is 1.63 bits per heavy atom. The average Bonchev–Trinajstić information content (AvgIpc) is 3.37. The topological polar surface area (TPSA) is 121 Å². The summed E-state index contributed by atoms with van der Waals surface area (Å²) in [6.07, 6.45) is 4.22. The highest BCUT2D eigenvalue weighted by Gasteiger charge is 2.44. The molecule has 0 atom stereocenters. The van der Waals surface area contributed by atoms with Crippen LogP contribution in [0.3, 0.4) is 0 Å². The number of nitrogens with zero attached hydrogens (tertiary/aromatic N) is 4. The first-order valence-corrected chi connectivity index (χ1v) is 13.1. The molecule has 0 aliphatic heterocycles. The number of rotatable bonds is 8. The predicted octanol–water partition coefficient (Wildman–Crippen LogP) is 5.43. The minimum atomic E-state index is -0.895. The molecule has 38 heavy (non-hydrogen) atoms. The molecular formula is C29H29N5O4. The van der Waals surface area contributed by atoms with E-state index in [9.17, 15) is 14.7 Å². The highest BCUT2D eigenvalue weighted by molar-refractivity contribution is 5.88. The molecule has 9 nitrogen and oxygen atoms in total. The lowest BCUT2D eigenvalue weighted by molar-refractivity contribution is -0.149. The third kappa shape index (κ3) is 4.96. The Balaban J connectivity index is 1.22. The van der Waals surface area contributed by atoms with Crippen LogP contribution in [0.25, 0.3) is 33.3 Å². The number of benzene rings is 3. The number of aromatic nitrogens is 4. The minimum Gasteiger partial charge on any atom is -0.481 e. The Morgan fingerprint density at radius 1 is 0.947 bits per heavy atom. The number of aliphatic carboxylic acids is 1. The summed E-state index contributed by atoms with van der Waals surface area (Å²) in [7, 11) is 0. The van der Waals surface area contributed by atoms with Gasteiger partial charge in [0.05, 0.1) is 5.41 Å². The van der Waals surface area contributed by atoms with Crippen LogP contribution in [0.15, 0.2) is 60.7 Å². The Hall–Kier alpha value is -4.27. The third-order valence-electron chi connectivity index (χ3n) is 7.66. The molecule has 0 bridgehead atoms. The molecule has 1 heterocycles. The number of hydrogen-bond acceptors (Lipinski definition) is 6. The number of amides is 1. The van der Waals surface area contributed by atoms with E-state index in [1.54, 1.807) is 4.90 Å². The molecule has 2 aliphatic carbocycles. The van der Waals surface area contributed by atoms with E-state index in [1.807, 2.05) is 30.3 Å². The van der Waals surface area contributed by atoms with Gasteiger partial charge in [-0.25, -0.2) is 4.79 Å². The van der Waals surface area contributed by atoms with Crippen LogP contribution >= 0.6 is 0 Å². The maximum absolute atomic E-state index is 13.0. The molecule has 3 aromatic carbocycles. The summed E-state index contributed by atoms with van der Waals surface area (Å²) in [6.45, 7) is 0.487. The van der Waals surface area contributed by atoms with E-state index in [4.69, 9.17) is 4.74 Å². The molecule has 2 fully saturated rings. The molecule has 0 unspecified atom stereocenters. The number of fused-ring (bicyclic) bond motifs is 1. The van der Waals surface area contributed by atoms with Gasteiger partial charge in [-0.1, -0.05) is 61.4 Å². The molecule has 0 radical (unpaired) electrons. The zero-order valence-corrected chi connectivity index (χ0v) is 21.0. The summed E-state index contributed by atoms with van der Waals surface area (Å²) in [5.74, 6) is -0.268. The molecule has 2 N–H and O–H groups in total. The van der Waals surface area contributed by atoms with E-state index < -0.39 is 17.5 Å². The number of carbonyl (C=O) groups is 2. The smallest absolute Gasteiger partial charge is 0.410 e. The zero-order chi connectivity index (χ0) is 26.1. The van der Waals surface area contributed by atoms with Gasteiger partial charge in [-0.15, -0.1) is 10.2 Å². The first-order chi connectivity index (χ1) is 18.5. The van der Waals surface area contributed by atoms with Crippen molar-refractivity contribution in [3.05, 3.63) is 66.2 Å². The van der Waals surface area contributed by atoms with Crippen LogP contribution in [0, 0.1) is 5.41 Å². The fourth-order valence-electron chi connectivity index (χ4n) is 5.33. The van der Waals surface area contributed by atoms with Gasteiger partial charge in [-0.05, 0) is 70.5 Å². The van der Waals surface area contributed by atoms with Crippen molar-refractivity contribution in [1.82, 2.24) is 25.5 Å². The fraction of sp³-hybridized carbons (Fsp3) is 0.345. The largest absolute Gasteiger partial charge is 0.481 e. The first-order valence-electron chi connectivity index (χ1n) is 13.1. The van der Waals surface area contributed by atoms with Gasteiger partial charge in [0.2, 0.25) is 5.82 Å². The number of tetrazole rings is 1. The van der Waals surface area contributed by atoms with E-state index >= 15 is 0 Å². The summed E-state index contributed by atoms with van der Waals surface area (Å²) < 4.78 is 5.60. The van der Waals surface area contributed by atoms with Crippen molar-refractivity contribution in [3.8, 4) is 22.5 Å². The van der Waals surface area contributed by atoms with Gasteiger partial charge in [0.1, 0.15) is 6.10 Å². The highest BCUT2D eigenvalue weighted by Crippen LogP contribution is 2.40. The normalized spacial score (nSPS) is 16.4. The van der Waals surface area contributed by atoms with Crippen LogP contribution in [-0.2, 0) is 16.1 Å². The summed E-state index contributed by atoms with van der Waals surface area (Å²) in [5, 5.41) is 26.2. The molecule has 9 heteroatoms. The number of H-pyrrole nitrogens is 1. The van der Waals surface area contributed by atoms with Crippen molar-refractivity contribution in [2.45, 2.75) is 51.2 Å². The summed E-state index contributed by atoms with van der Waals surface area (Å²) in [5.41, 5.74) is 3.10. The van der Waals surface area contributed by atoms with Crippen molar-refractivity contribution in [2.24, 2.45) is 5.41 Å². The van der Waals surface area contributed by atoms with Gasteiger partial charge in [0.25, 0.3) is 0 Å². The lowest BCUT2D eigenvalue weighted by atomic mass is 9.85. The lowest BCUT2D eigenvalue weighted by Gasteiger charge is -2.31. The first kappa shape index (κ1) is 24.1. The standard InChI is InChI=1S/C29H29N5O4/c35-27(36)29(13-1-2-14-29)18-34(28(37)38-25-11-12-25)17-19-3-4-24-16-23(10-9-22(24)15-19)20-5-7-21(8-6-20)26-30-32-33-31-26/h3-10,15-16,25H,1-2,11-14,17-18H2,(H,35,36)(H,30,31,32,33). The highest BCUT2D eigenvalue weighted by atomic mass is 16.6. The van der Waals surface area contributed by atoms with E-state index in [1.165, 1.54) is 0 Å². The van der Waals surface area contributed by atoms with Crippen LogP contribution in [0.1, 0.15) is 44.1 Å². The van der Waals surface area contributed by atoms with Crippen molar-refractivity contribution < 1.29 is 19.4 Å². The van der Waals surface area contributed by atoms with Crippen LogP contribution in [0.4, 0.5) is 4.79 Å². The molecule has 0 saturated heterocycles. The third-order valence-corrected chi connectivity index (χ3v) is 7.66. The van der Waals surface area contributed by atoms with Crippen molar-refractivity contribution >= 4 is 22.8 Å². The van der Waals surface area contributed by atoms with Gasteiger partial charge in [0.15, 0.2) is 0 Å². The number of carbonyl (C=O) groups excluding carboxylic acids is 1. The monoisotopic (exact) mass is 511 g/mol. The van der Waals surface area contributed by atoms with Gasteiger partial charge in [0, 0.05) is 18.7 Å². The van der Waals surface area contributed by atoms with Crippen LogP contribution in [-0.4, -0.2) is 55.3 Å². The van der Waals surface area contributed by atoms with E-state index in [0.717, 1.165) is 58.7 Å². The summed E-state index contributed by atoms with van der Waals surface area (Å²) in [6, 6.07) is 20.4. The van der Waals surface area contributed by atoms with Crippen LogP contribution in [0.5, 0.6) is 0 Å². The molecule has 6 rings (SSSR count). The second kappa shape index (κ2) is 9.89. The van der Waals surface area contributed by atoms with E-state index in [0.29, 0.717) is 25.2 Å². The molecule has 4 aromatic rings. The second-order valence-electron chi connectivity index (χ2n) is 10.4. The number of ether oxygens (including phenoxy) is 1. The number of aromatic amines is 1. The SMILES string of the molecule is O=C(OC1CC1)N(Cc1ccc2cc(-c3ccc(-c4nn[nH]n4)cc3)ccc2c1)CC1(C(=O)O)CCCC1. The summed E-state index contributed by atoms with van der Waals surface area (Å²) >= 11 is 0. The fourth-order valence-corrected chi connectivity index (χ4v) is 5.33. The predicted molar refractivity (Wildman–Crippen MR) is 141 cm³/mol. The van der Waals surface area contributed by atoms with E-state index in [-0.39, 0.29) is 12.6 Å². The quantitative estimate of drug-likeness (QED) is 0.323. The van der Waals surface area contributed by atoms with Gasteiger partial charge in [-0.2, -0.15) is 5.21 Å². The number of carboxylic acids is 1.